The van der Waals surface area contributed by atoms with Crippen LogP contribution in [0.15, 0.2) is 63.5 Å². The zero-order valence-corrected chi connectivity index (χ0v) is 14.5. The van der Waals surface area contributed by atoms with Crippen LogP contribution in [0.5, 0.6) is 0 Å². The molecule has 7 heteroatoms. The lowest BCUT2D eigenvalue weighted by atomic mass is 10.3. The Morgan fingerprint density at radius 1 is 1.16 bits per heavy atom. The first-order valence-electron chi connectivity index (χ1n) is 7.36. The van der Waals surface area contributed by atoms with Crippen LogP contribution in [0, 0.1) is 0 Å². The van der Waals surface area contributed by atoms with E-state index in [2.05, 4.69) is 26.2 Å². The minimum Gasteiger partial charge on any atom is -0.452 e. The van der Waals surface area contributed by atoms with Crippen LogP contribution in [0.1, 0.15) is 5.89 Å². The number of rotatable bonds is 5. The van der Waals surface area contributed by atoms with Crippen LogP contribution in [-0.2, 0) is 14.3 Å². The SMILES string of the molecule is O=C(COC(=O)/C=C/c1nc2ccccc2o1)Nc1ccccc1Br. The molecule has 3 aromatic rings. The number of benzene rings is 2. The van der Waals surface area contributed by atoms with Gasteiger partial charge in [-0.25, -0.2) is 9.78 Å². The molecular formula is C18H13BrN2O4. The first-order chi connectivity index (χ1) is 12.1. The van der Waals surface area contributed by atoms with Crippen LogP contribution in [-0.4, -0.2) is 23.5 Å². The van der Waals surface area contributed by atoms with E-state index < -0.39 is 18.5 Å². The van der Waals surface area contributed by atoms with Crippen molar-refractivity contribution in [3.8, 4) is 0 Å². The molecule has 0 aliphatic rings. The summed E-state index contributed by atoms with van der Waals surface area (Å²) in [4.78, 5) is 27.7. The minimum atomic E-state index is -0.662. The predicted molar refractivity (Wildman–Crippen MR) is 96.8 cm³/mol. The van der Waals surface area contributed by atoms with Gasteiger partial charge in [0, 0.05) is 16.6 Å². The van der Waals surface area contributed by atoms with Gasteiger partial charge >= 0.3 is 5.97 Å². The van der Waals surface area contributed by atoms with Crippen molar-refractivity contribution >= 4 is 50.7 Å². The molecule has 3 rings (SSSR count). The molecule has 6 nitrogen and oxygen atoms in total. The molecule has 0 saturated heterocycles. The van der Waals surface area contributed by atoms with Crippen molar-refractivity contribution in [3.63, 3.8) is 0 Å². The predicted octanol–water partition coefficient (Wildman–Crippen LogP) is 3.79. The van der Waals surface area contributed by atoms with E-state index in [4.69, 9.17) is 9.15 Å². The first-order valence-corrected chi connectivity index (χ1v) is 8.16. The number of fused-ring (bicyclic) bond motifs is 1. The number of hydrogen-bond donors (Lipinski definition) is 1. The van der Waals surface area contributed by atoms with Crippen LogP contribution in [0.4, 0.5) is 5.69 Å². The molecular weight excluding hydrogens is 388 g/mol. The highest BCUT2D eigenvalue weighted by molar-refractivity contribution is 9.10. The standard InChI is InChI=1S/C18H13BrN2O4/c19-12-5-1-2-6-13(12)20-16(22)11-24-18(23)10-9-17-21-14-7-3-4-8-15(14)25-17/h1-10H,11H2,(H,20,22)/b10-9+. The molecule has 0 radical (unpaired) electrons. The molecule has 1 amide bonds. The number of carbonyl (C=O) groups is 2. The summed E-state index contributed by atoms with van der Waals surface area (Å²) in [5, 5.41) is 2.64. The summed E-state index contributed by atoms with van der Waals surface area (Å²) in [5.41, 5.74) is 1.93. The van der Waals surface area contributed by atoms with Crippen molar-refractivity contribution in [3.05, 3.63) is 65.0 Å². The zero-order chi connectivity index (χ0) is 17.6. The average Bonchev–Trinajstić information content (AvgIpc) is 3.03. The third-order valence-corrected chi connectivity index (χ3v) is 3.86. The smallest absolute Gasteiger partial charge is 0.331 e. The van der Waals surface area contributed by atoms with Gasteiger partial charge in [0.1, 0.15) is 5.52 Å². The molecule has 2 aromatic carbocycles. The number of para-hydroxylation sites is 3. The van der Waals surface area contributed by atoms with Gasteiger partial charge in [-0.1, -0.05) is 24.3 Å². The third-order valence-electron chi connectivity index (χ3n) is 3.17. The molecule has 0 aliphatic heterocycles. The normalized spacial score (nSPS) is 10.9. The first kappa shape index (κ1) is 16.9. The summed E-state index contributed by atoms with van der Waals surface area (Å²) in [5.74, 6) is -0.809. The highest BCUT2D eigenvalue weighted by atomic mass is 79.9. The number of amides is 1. The summed E-state index contributed by atoms with van der Waals surface area (Å²) >= 11 is 3.32. The van der Waals surface area contributed by atoms with Gasteiger partial charge in [-0.3, -0.25) is 4.79 Å². The third kappa shape index (κ3) is 4.54. The largest absolute Gasteiger partial charge is 0.452 e. The second-order valence-corrected chi connectivity index (χ2v) is 5.84. The molecule has 0 bridgehead atoms. The molecule has 0 spiro atoms. The quantitative estimate of drug-likeness (QED) is 0.520. The van der Waals surface area contributed by atoms with E-state index in [-0.39, 0.29) is 5.89 Å². The summed E-state index contributed by atoms with van der Waals surface area (Å²) in [6, 6.07) is 14.4. The number of nitrogens with zero attached hydrogens (tertiary/aromatic N) is 1. The molecule has 1 aromatic heterocycles. The Morgan fingerprint density at radius 2 is 1.92 bits per heavy atom. The Balaban J connectivity index is 1.52. The number of ether oxygens (including phenoxy) is 1. The van der Waals surface area contributed by atoms with E-state index in [1.807, 2.05) is 18.2 Å². The van der Waals surface area contributed by atoms with Crippen LogP contribution >= 0.6 is 15.9 Å². The minimum absolute atomic E-state index is 0.288. The van der Waals surface area contributed by atoms with Gasteiger partial charge in [0.05, 0.1) is 5.69 Å². The Bertz CT molecular complexity index is 916. The van der Waals surface area contributed by atoms with E-state index in [9.17, 15) is 9.59 Å². The summed E-state index contributed by atoms with van der Waals surface area (Å²) in [6.07, 6.45) is 2.56. The zero-order valence-electron chi connectivity index (χ0n) is 12.9. The van der Waals surface area contributed by atoms with Gasteiger partial charge in [0.25, 0.3) is 5.91 Å². The van der Waals surface area contributed by atoms with Gasteiger partial charge in [-0.15, -0.1) is 0 Å². The lowest BCUT2D eigenvalue weighted by molar-refractivity contribution is -0.142. The number of hydrogen-bond acceptors (Lipinski definition) is 5. The van der Waals surface area contributed by atoms with Crippen LogP contribution < -0.4 is 5.32 Å². The van der Waals surface area contributed by atoms with Crippen LogP contribution in [0.25, 0.3) is 17.2 Å². The molecule has 0 fully saturated rings. The maximum atomic E-state index is 11.8. The fraction of sp³-hybridized carbons (Fsp3) is 0.0556. The summed E-state index contributed by atoms with van der Waals surface area (Å²) in [7, 11) is 0. The van der Waals surface area contributed by atoms with E-state index >= 15 is 0 Å². The Labute approximate surface area is 151 Å². The monoisotopic (exact) mass is 400 g/mol. The topological polar surface area (TPSA) is 81.4 Å². The van der Waals surface area contributed by atoms with Crippen LogP contribution in [0.3, 0.4) is 0 Å². The number of anilines is 1. The van der Waals surface area contributed by atoms with Gasteiger partial charge in [-0.05, 0) is 40.2 Å². The maximum Gasteiger partial charge on any atom is 0.331 e. The van der Waals surface area contributed by atoms with Crippen molar-refractivity contribution < 1.29 is 18.7 Å². The number of halogens is 1. The average molecular weight is 401 g/mol. The van der Waals surface area contributed by atoms with Crippen molar-refractivity contribution in [1.82, 2.24) is 4.98 Å². The Kier molecular flexibility index (Phi) is 5.25. The fourth-order valence-electron chi connectivity index (χ4n) is 2.03. The second kappa shape index (κ2) is 7.76. The molecule has 0 aliphatic carbocycles. The number of carbonyl (C=O) groups excluding carboxylic acids is 2. The lowest BCUT2D eigenvalue weighted by Gasteiger charge is -2.06. The van der Waals surface area contributed by atoms with Crippen molar-refractivity contribution in [2.45, 2.75) is 0 Å². The molecule has 126 valence electrons. The lowest BCUT2D eigenvalue weighted by Crippen LogP contribution is -2.20. The summed E-state index contributed by atoms with van der Waals surface area (Å²) in [6.45, 7) is -0.391. The number of oxazole rings is 1. The number of nitrogens with one attached hydrogen (secondary N) is 1. The molecule has 1 heterocycles. The second-order valence-electron chi connectivity index (χ2n) is 4.99. The molecule has 0 unspecified atom stereocenters. The highest BCUT2D eigenvalue weighted by Crippen LogP contribution is 2.21. The number of aromatic nitrogens is 1. The molecule has 0 saturated carbocycles. The molecule has 0 atom stereocenters. The molecule has 25 heavy (non-hydrogen) atoms. The van der Waals surface area contributed by atoms with E-state index in [0.717, 1.165) is 10.5 Å². The number of esters is 1. The summed E-state index contributed by atoms with van der Waals surface area (Å²) < 4.78 is 11.1. The van der Waals surface area contributed by atoms with Crippen molar-refractivity contribution in [1.29, 1.82) is 0 Å². The molecule has 1 N–H and O–H groups in total. The van der Waals surface area contributed by atoms with Crippen molar-refractivity contribution in [2.24, 2.45) is 0 Å². The Morgan fingerprint density at radius 3 is 2.72 bits per heavy atom. The van der Waals surface area contributed by atoms with Crippen molar-refractivity contribution in [2.75, 3.05) is 11.9 Å². The maximum absolute atomic E-state index is 11.8. The van der Waals surface area contributed by atoms with E-state index in [1.165, 1.54) is 6.08 Å². The van der Waals surface area contributed by atoms with Gasteiger partial charge < -0.3 is 14.5 Å². The van der Waals surface area contributed by atoms with Gasteiger partial charge in [0.15, 0.2) is 12.2 Å². The van der Waals surface area contributed by atoms with E-state index in [1.54, 1.807) is 30.3 Å². The van der Waals surface area contributed by atoms with Gasteiger partial charge in [-0.2, -0.15) is 0 Å². The fourth-order valence-corrected chi connectivity index (χ4v) is 2.42. The Hall–Kier alpha value is -2.93. The highest BCUT2D eigenvalue weighted by Gasteiger charge is 2.08. The van der Waals surface area contributed by atoms with Gasteiger partial charge in [0.2, 0.25) is 5.89 Å². The van der Waals surface area contributed by atoms with E-state index in [0.29, 0.717) is 16.8 Å². The van der Waals surface area contributed by atoms with Crippen LogP contribution in [0.2, 0.25) is 0 Å².